The number of thioether (sulfide) groups is 1. The molecule has 2 heterocycles. The number of hydrogen-bond acceptors (Lipinski definition) is 4. The zero-order valence-corrected chi connectivity index (χ0v) is 10.5. The van der Waals surface area contributed by atoms with Gasteiger partial charge in [-0.2, -0.15) is 0 Å². The highest BCUT2D eigenvalue weighted by molar-refractivity contribution is 8.15. The lowest BCUT2D eigenvalue weighted by molar-refractivity contribution is -0.181. The van der Waals surface area contributed by atoms with Gasteiger partial charge in [0.2, 0.25) is 0 Å². The van der Waals surface area contributed by atoms with Crippen LogP contribution in [0.2, 0.25) is 0 Å². The van der Waals surface area contributed by atoms with Crippen LogP contribution in [0.3, 0.4) is 0 Å². The Morgan fingerprint density at radius 2 is 2.12 bits per heavy atom. The highest BCUT2D eigenvalue weighted by Gasteiger charge is 2.13. The third-order valence-electron chi connectivity index (χ3n) is 2.79. The van der Waals surface area contributed by atoms with Crippen LogP contribution in [0.4, 0.5) is 0 Å². The van der Waals surface area contributed by atoms with Gasteiger partial charge in [-0.1, -0.05) is 6.42 Å². The molecule has 0 N–H and O–H groups in total. The van der Waals surface area contributed by atoms with E-state index in [1.54, 1.807) is 11.8 Å². The molecular weight excluding hydrogens is 222 g/mol. The standard InChI is InChI=1S/C12H20NO2S/c1(2-5-11-13-7-10-16-11)3-6-12-14-8-4-9-15-12/h10,12H,1-9H2. The van der Waals surface area contributed by atoms with Gasteiger partial charge in [0.05, 0.1) is 24.8 Å². The molecule has 0 aromatic heterocycles. The van der Waals surface area contributed by atoms with Gasteiger partial charge in [-0.05, 0) is 32.1 Å². The van der Waals surface area contributed by atoms with Gasteiger partial charge >= 0.3 is 0 Å². The lowest BCUT2D eigenvalue weighted by Gasteiger charge is -2.22. The quantitative estimate of drug-likeness (QED) is 0.671. The molecule has 0 amide bonds. The maximum absolute atomic E-state index is 5.50. The van der Waals surface area contributed by atoms with Crippen LogP contribution in [0.25, 0.3) is 0 Å². The number of hydrogen-bond donors (Lipinski definition) is 0. The van der Waals surface area contributed by atoms with Crippen molar-refractivity contribution in [3.8, 4) is 0 Å². The molecular formula is C12H20NO2S. The van der Waals surface area contributed by atoms with Gasteiger partial charge in [-0.25, -0.2) is 0 Å². The van der Waals surface area contributed by atoms with Crippen LogP contribution in [0.1, 0.15) is 38.5 Å². The van der Waals surface area contributed by atoms with E-state index in [0.29, 0.717) is 0 Å². The highest BCUT2D eigenvalue weighted by atomic mass is 32.2. The summed E-state index contributed by atoms with van der Waals surface area (Å²) in [6.07, 6.45) is 7.01. The van der Waals surface area contributed by atoms with Gasteiger partial charge in [0.15, 0.2) is 6.29 Å². The minimum atomic E-state index is 0.0697. The second-order valence-corrected chi connectivity index (χ2v) is 5.18. The molecule has 0 aromatic rings. The number of aliphatic imine (C=N–C) groups is 1. The van der Waals surface area contributed by atoms with Crippen molar-refractivity contribution in [2.75, 3.05) is 19.8 Å². The van der Waals surface area contributed by atoms with Gasteiger partial charge in [0, 0.05) is 5.75 Å². The van der Waals surface area contributed by atoms with Gasteiger partial charge in [-0.3, -0.25) is 4.99 Å². The minimum absolute atomic E-state index is 0.0697. The summed E-state index contributed by atoms with van der Waals surface area (Å²) in [5.41, 5.74) is 0. The van der Waals surface area contributed by atoms with Crippen LogP contribution < -0.4 is 0 Å². The van der Waals surface area contributed by atoms with Crippen molar-refractivity contribution >= 4 is 16.8 Å². The first-order chi connectivity index (χ1) is 7.95. The van der Waals surface area contributed by atoms with Crippen molar-refractivity contribution < 1.29 is 9.47 Å². The molecule has 3 nitrogen and oxygen atoms in total. The van der Waals surface area contributed by atoms with Crippen LogP contribution in [0, 0.1) is 5.75 Å². The van der Waals surface area contributed by atoms with Crippen molar-refractivity contribution in [1.29, 1.82) is 0 Å². The highest BCUT2D eigenvalue weighted by Crippen LogP contribution is 2.21. The molecule has 0 saturated carbocycles. The van der Waals surface area contributed by atoms with E-state index in [0.717, 1.165) is 39.0 Å². The Bertz CT molecular complexity index is 227. The van der Waals surface area contributed by atoms with Crippen LogP contribution >= 0.6 is 11.8 Å². The van der Waals surface area contributed by atoms with Crippen molar-refractivity contribution in [1.82, 2.24) is 0 Å². The molecule has 0 bridgehead atoms. The molecule has 4 heteroatoms. The summed E-state index contributed by atoms with van der Waals surface area (Å²) in [6, 6.07) is 0. The molecule has 2 aliphatic rings. The Morgan fingerprint density at radius 1 is 1.25 bits per heavy atom. The first-order valence-corrected chi connectivity index (χ1v) is 7.08. The molecule has 1 radical (unpaired) electrons. The zero-order valence-electron chi connectivity index (χ0n) is 9.69. The molecule has 0 spiro atoms. The van der Waals surface area contributed by atoms with Crippen molar-refractivity contribution in [2.24, 2.45) is 4.99 Å². The summed E-state index contributed by atoms with van der Waals surface area (Å²) in [7, 11) is 0. The predicted molar refractivity (Wildman–Crippen MR) is 67.6 cm³/mol. The van der Waals surface area contributed by atoms with E-state index in [-0.39, 0.29) is 6.29 Å². The van der Waals surface area contributed by atoms with Crippen LogP contribution in [0.5, 0.6) is 0 Å². The summed E-state index contributed by atoms with van der Waals surface area (Å²) in [5, 5.41) is 1.31. The Kier molecular flexibility index (Phi) is 5.66. The van der Waals surface area contributed by atoms with Gasteiger partial charge in [0.1, 0.15) is 0 Å². The lowest BCUT2D eigenvalue weighted by Crippen LogP contribution is -2.24. The van der Waals surface area contributed by atoms with E-state index >= 15 is 0 Å². The third-order valence-corrected chi connectivity index (χ3v) is 3.71. The van der Waals surface area contributed by atoms with Gasteiger partial charge in [0.25, 0.3) is 0 Å². The second-order valence-electron chi connectivity index (χ2n) is 4.14. The van der Waals surface area contributed by atoms with E-state index < -0.39 is 0 Å². The molecule has 1 saturated heterocycles. The number of unbranched alkanes of at least 4 members (excludes halogenated alkanes) is 2. The maximum atomic E-state index is 5.50. The average Bonchev–Trinajstić information content (AvgIpc) is 2.83. The van der Waals surface area contributed by atoms with E-state index in [4.69, 9.17) is 9.47 Å². The second kappa shape index (κ2) is 7.30. The van der Waals surface area contributed by atoms with Crippen molar-refractivity contribution in [3.63, 3.8) is 0 Å². The zero-order chi connectivity index (χ0) is 11.1. The van der Waals surface area contributed by atoms with Crippen LogP contribution in [-0.2, 0) is 9.47 Å². The topological polar surface area (TPSA) is 30.8 Å². The van der Waals surface area contributed by atoms with E-state index in [1.807, 2.05) is 0 Å². The monoisotopic (exact) mass is 242 g/mol. The summed E-state index contributed by atoms with van der Waals surface area (Å²) in [5.74, 6) is 2.17. The van der Waals surface area contributed by atoms with E-state index in [1.165, 1.54) is 24.3 Å². The third kappa shape index (κ3) is 4.44. The van der Waals surface area contributed by atoms with Gasteiger partial charge < -0.3 is 9.47 Å². The SMILES string of the molecule is [CH]1CN=C(CCCCCC2OCCCO2)S1. The predicted octanol–water partition coefficient (Wildman–Crippen LogP) is 3.01. The molecule has 0 aromatic carbocycles. The fraction of sp³-hybridized carbons (Fsp3) is 0.833. The molecule has 0 aliphatic carbocycles. The Balaban J connectivity index is 1.45. The fourth-order valence-electron chi connectivity index (χ4n) is 1.92. The first kappa shape index (κ1) is 12.4. The molecule has 16 heavy (non-hydrogen) atoms. The fourth-order valence-corrected chi connectivity index (χ4v) is 2.67. The van der Waals surface area contributed by atoms with E-state index in [9.17, 15) is 0 Å². The average molecular weight is 242 g/mol. The Labute approximate surface area is 102 Å². The van der Waals surface area contributed by atoms with Crippen molar-refractivity contribution in [2.45, 2.75) is 44.8 Å². The molecule has 91 valence electrons. The normalized spacial score (nSPS) is 22.4. The molecule has 2 aliphatic heterocycles. The maximum Gasteiger partial charge on any atom is 0.157 e. The smallest absolute Gasteiger partial charge is 0.157 e. The Hall–Kier alpha value is -0.0600. The minimum Gasteiger partial charge on any atom is -0.353 e. The number of ether oxygens (including phenoxy) is 2. The van der Waals surface area contributed by atoms with Gasteiger partial charge in [-0.15, -0.1) is 11.8 Å². The summed E-state index contributed by atoms with van der Waals surface area (Å²) in [6.45, 7) is 2.64. The summed E-state index contributed by atoms with van der Waals surface area (Å²) >= 11 is 1.80. The Morgan fingerprint density at radius 3 is 2.88 bits per heavy atom. The molecule has 0 unspecified atom stereocenters. The van der Waals surface area contributed by atoms with Crippen molar-refractivity contribution in [3.05, 3.63) is 5.75 Å². The molecule has 0 atom stereocenters. The number of rotatable bonds is 6. The number of nitrogens with zero attached hydrogens (tertiary/aromatic N) is 1. The first-order valence-electron chi connectivity index (χ1n) is 6.20. The largest absolute Gasteiger partial charge is 0.353 e. The van der Waals surface area contributed by atoms with Crippen LogP contribution in [0.15, 0.2) is 4.99 Å². The van der Waals surface area contributed by atoms with E-state index in [2.05, 4.69) is 10.7 Å². The summed E-state index contributed by atoms with van der Waals surface area (Å²) < 4.78 is 11.0. The lowest BCUT2D eigenvalue weighted by atomic mass is 10.1. The summed E-state index contributed by atoms with van der Waals surface area (Å²) in [4.78, 5) is 4.40. The molecule has 2 rings (SSSR count). The van der Waals surface area contributed by atoms with Crippen LogP contribution in [-0.4, -0.2) is 31.1 Å². The molecule has 1 fully saturated rings.